The summed E-state index contributed by atoms with van der Waals surface area (Å²) >= 11 is 0. The maximum Gasteiger partial charge on any atom is 0.218 e. The lowest BCUT2D eigenvalue weighted by Gasteiger charge is -2.30. The Hall–Kier alpha value is -1.11. The quantitative estimate of drug-likeness (QED) is 0.835. The first-order valence-electron chi connectivity index (χ1n) is 6.82. The largest absolute Gasteiger partial charge is 0.399 e. The fraction of sp³-hybridized carbons (Fsp3) is 0.571. The smallest absolute Gasteiger partial charge is 0.218 e. The number of nitrogens with zero attached hydrogens (tertiary/aromatic N) is 1. The predicted octanol–water partition coefficient (Wildman–Crippen LogP) is 1.46. The number of anilines is 1. The van der Waals surface area contributed by atoms with Gasteiger partial charge in [0.1, 0.15) is 0 Å². The molecule has 2 N–H and O–H groups in total. The van der Waals surface area contributed by atoms with Gasteiger partial charge in [-0.3, -0.25) is 0 Å². The van der Waals surface area contributed by atoms with Crippen LogP contribution in [0.3, 0.4) is 0 Å². The molecule has 1 aromatic rings. The summed E-state index contributed by atoms with van der Waals surface area (Å²) in [6.07, 6.45) is 1.74. The van der Waals surface area contributed by atoms with Gasteiger partial charge in [-0.1, -0.05) is 12.1 Å². The van der Waals surface area contributed by atoms with Crippen molar-refractivity contribution in [3.05, 3.63) is 29.8 Å². The summed E-state index contributed by atoms with van der Waals surface area (Å²) in [5.74, 6) is 0.519. The first-order chi connectivity index (χ1) is 9.51. The van der Waals surface area contributed by atoms with E-state index < -0.39 is 10.0 Å². The van der Waals surface area contributed by atoms with Crippen molar-refractivity contribution in [2.45, 2.75) is 18.6 Å². The topological polar surface area (TPSA) is 72.6 Å². The summed E-state index contributed by atoms with van der Waals surface area (Å²) < 4.78 is 31.5. The molecule has 0 bridgehead atoms. The molecule has 1 heterocycles. The normalized spacial score (nSPS) is 18.2. The molecule has 0 atom stereocenters. The first-order valence-corrected chi connectivity index (χ1v) is 8.43. The maximum absolute atomic E-state index is 12.4. The molecule has 5 nitrogen and oxygen atoms in total. The second kappa shape index (κ2) is 6.56. The van der Waals surface area contributed by atoms with Crippen LogP contribution < -0.4 is 5.73 Å². The van der Waals surface area contributed by atoms with Crippen LogP contribution in [-0.2, 0) is 20.5 Å². The van der Waals surface area contributed by atoms with Crippen molar-refractivity contribution in [2.75, 3.05) is 32.5 Å². The second-order valence-corrected chi connectivity index (χ2v) is 7.26. The Kier molecular flexibility index (Phi) is 5.01. The molecule has 1 fully saturated rings. The standard InChI is InChI=1S/C14H22N2O3S/c1-19-10-12-6-8-16(9-7-12)20(17,18)11-13-2-4-14(15)5-3-13/h2-5,12H,6-11,15H2,1H3. The number of ether oxygens (including phenoxy) is 1. The molecule has 1 aliphatic rings. The lowest BCUT2D eigenvalue weighted by atomic mass is 9.99. The van der Waals surface area contributed by atoms with E-state index in [1.165, 1.54) is 0 Å². The number of nitrogens with two attached hydrogens (primary N) is 1. The van der Waals surface area contributed by atoms with Crippen molar-refractivity contribution in [1.82, 2.24) is 4.31 Å². The van der Waals surface area contributed by atoms with Gasteiger partial charge >= 0.3 is 0 Å². The van der Waals surface area contributed by atoms with Gasteiger partial charge in [0, 0.05) is 32.5 Å². The van der Waals surface area contributed by atoms with Crippen molar-refractivity contribution in [2.24, 2.45) is 5.92 Å². The van der Waals surface area contributed by atoms with Crippen LogP contribution in [0.25, 0.3) is 0 Å². The monoisotopic (exact) mass is 298 g/mol. The van der Waals surface area contributed by atoms with Crippen LogP contribution in [0.4, 0.5) is 5.69 Å². The zero-order chi connectivity index (χ0) is 14.6. The maximum atomic E-state index is 12.4. The molecule has 0 saturated carbocycles. The zero-order valence-corrected chi connectivity index (χ0v) is 12.6. The lowest BCUT2D eigenvalue weighted by Crippen LogP contribution is -2.39. The molecular formula is C14H22N2O3S. The number of piperidine rings is 1. The number of benzene rings is 1. The molecule has 0 amide bonds. The Balaban J connectivity index is 1.96. The van der Waals surface area contributed by atoms with E-state index >= 15 is 0 Å². The Morgan fingerprint density at radius 2 is 1.85 bits per heavy atom. The summed E-state index contributed by atoms with van der Waals surface area (Å²) in [7, 11) is -1.55. The van der Waals surface area contributed by atoms with E-state index in [9.17, 15) is 8.42 Å². The van der Waals surface area contributed by atoms with Gasteiger partial charge in [0.2, 0.25) is 10.0 Å². The van der Waals surface area contributed by atoms with Crippen LogP contribution in [0.2, 0.25) is 0 Å². The van der Waals surface area contributed by atoms with Crippen LogP contribution in [0, 0.1) is 5.92 Å². The number of methoxy groups -OCH3 is 1. The van der Waals surface area contributed by atoms with Crippen LogP contribution in [-0.4, -0.2) is 39.5 Å². The highest BCUT2D eigenvalue weighted by Gasteiger charge is 2.27. The fourth-order valence-electron chi connectivity index (χ4n) is 2.51. The molecule has 0 aromatic heterocycles. The van der Waals surface area contributed by atoms with Crippen molar-refractivity contribution in [1.29, 1.82) is 0 Å². The van der Waals surface area contributed by atoms with Gasteiger partial charge in [-0.25, -0.2) is 12.7 Å². The molecule has 112 valence electrons. The van der Waals surface area contributed by atoms with Gasteiger partial charge in [0.15, 0.2) is 0 Å². The minimum atomic E-state index is -3.24. The van der Waals surface area contributed by atoms with Gasteiger partial charge in [-0.2, -0.15) is 0 Å². The molecule has 1 aromatic carbocycles. The van der Waals surface area contributed by atoms with E-state index in [0.717, 1.165) is 18.4 Å². The molecule has 1 aliphatic heterocycles. The highest BCUT2D eigenvalue weighted by Crippen LogP contribution is 2.22. The Labute approximate surface area is 120 Å². The Morgan fingerprint density at radius 3 is 2.40 bits per heavy atom. The number of hydrogen-bond acceptors (Lipinski definition) is 4. The summed E-state index contributed by atoms with van der Waals surface area (Å²) in [6, 6.07) is 7.00. The fourth-order valence-corrected chi connectivity index (χ4v) is 4.07. The number of hydrogen-bond donors (Lipinski definition) is 1. The van der Waals surface area contributed by atoms with Crippen LogP contribution in [0.15, 0.2) is 24.3 Å². The van der Waals surface area contributed by atoms with Gasteiger partial charge in [0.05, 0.1) is 5.75 Å². The second-order valence-electron chi connectivity index (χ2n) is 5.30. The molecular weight excluding hydrogens is 276 g/mol. The zero-order valence-electron chi connectivity index (χ0n) is 11.8. The average molecular weight is 298 g/mol. The van der Waals surface area contributed by atoms with Crippen molar-refractivity contribution < 1.29 is 13.2 Å². The van der Waals surface area contributed by atoms with Crippen LogP contribution >= 0.6 is 0 Å². The minimum absolute atomic E-state index is 0.0439. The summed E-state index contributed by atoms with van der Waals surface area (Å²) in [4.78, 5) is 0. The van der Waals surface area contributed by atoms with E-state index in [4.69, 9.17) is 10.5 Å². The van der Waals surface area contributed by atoms with Crippen LogP contribution in [0.1, 0.15) is 18.4 Å². The number of nitrogen functional groups attached to an aromatic ring is 1. The molecule has 2 rings (SSSR count). The third kappa shape index (κ3) is 3.94. The molecule has 20 heavy (non-hydrogen) atoms. The molecule has 1 saturated heterocycles. The first kappa shape index (κ1) is 15.3. The third-order valence-corrected chi connectivity index (χ3v) is 5.55. The minimum Gasteiger partial charge on any atom is -0.399 e. The summed E-state index contributed by atoms with van der Waals surface area (Å²) in [5.41, 5.74) is 7.03. The lowest BCUT2D eigenvalue weighted by molar-refractivity contribution is 0.121. The Bertz CT molecular complexity index is 520. The molecule has 0 radical (unpaired) electrons. The highest BCUT2D eigenvalue weighted by atomic mass is 32.2. The molecule has 0 unspecified atom stereocenters. The van der Waals surface area contributed by atoms with Gasteiger partial charge < -0.3 is 10.5 Å². The van der Waals surface area contributed by atoms with E-state index in [-0.39, 0.29) is 5.75 Å². The average Bonchev–Trinajstić information content (AvgIpc) is 2.42. The van der Waals surface area contributed by atoms with Crippen molar-refractivity contribution >= 4 is 15.7 Å². The third-order valence-electron chi connectivity index (χ3n) is 3.70. The van der Waals surface area contributed by atoms with E-state index in [0.29, 0.717) is 31.3 Å². The van der Waals surface area contributed by atoms with Crippen molar-refractivity contribution in [3.8, 4) is 0 Å². The van der Waals surface area contributed by atoms with Gasteiger partial charge in [-0.05, 0) is 36.5 Å². The highest BCUT2D eigenvalue weighted by molar-refractivity contribution is 7.88. The van der Waals surface area contributed by atoms with Gasteiger partial charge in [0.25, 0.3) is 0 Å². The van der Waals surface area contributed by atoms with E-state index in [1.807, 2.05) is 0 Å². The summed E-state index contributed by atoms with van der Waals surface area (Å²) in [6.45, 7) is 1.89. The van der Waals surface area contributed by atoms with Crippen molar-refractivity contribution in [3.63, 3.8) is 0 Å². The molecule has 6 heteroatoms. The summed E-state index contributed by atoms with van der Waals surface area (Å²) in [5, 5.41) is 0. The SMILES string of the molecule is COCC1CCN(S(=O)(=O)Cc2ccc(N)cc2)CC1. The number of sulfonamides is 1. The van der Waals surface area contributed by atoms with E-state index in [2.05, 4.69) is 0 Å². The molecule has 0 aliphatic carbocycles. The van der Waals surface area contributed by atoms with Crippen LogP contribution in [0.5, 0.6) is 0 Å². The number of rotatable bonds is 5. The predicted molar refractivity (Wildman–Crippen MR) is 79.7 cm³/mol. The van der Waals surface area contributed by atoms with Gasteiger partial charge in [-0.15, -0.1) is 0 Å². The molecule has 0 spiro atoms. The Morgan fingerprint density at radius 1 is 1.25 bits per heavy atom. The van der Waals surface area contributed by atoms with E-state index in [1.54, 1.807) is 35.7 Å².